The van der Waals surface area contributed by atoms with E-state index in [1.807, 2.05) is 0 Å². The number of rotatable bonds is 4. The average Bonchev–Trinajstić information content (AvgIpc) is 3.18. The molecule has 3 N–H and O–H groups in total. The predicted octanol–water partition coefficient (Wildman–Crippen LogP) is 0.818. The van der Waals surface area contributed by atoms with Gasteiger partial charge in [0.25, 0.3) is 5.56 Å². The maximum Gasteiger partial charge on any atom is 0.291 e. The van der Waals surface area contributed by atoms with Crippen LogP contribution in [0, 0.1) is 5.92 Å². The number of aromatic nitrogens is 2. The second-order valence-corrected chi connectivity index (χ2v) is 5.36. The summed E-state index contributed by atoms with van der Waals surface area (Å²) in [6, 6.07) is 0.312. The van der Waals surface area contributed by atoms with Crippen molar-refractivity contribution in [3.8, 4) is 0 Å². The van der Waals surface area contributed by atoms with E-state index in [2.05, 4.69) is 10.4 Å². The second-order valence-electron chi connectivity index (χ2n) is 4.95. The van der Waals surface area contributed by atoms with Crippen LogP contribution in [0.25, 0.3) is 0 Å². The first kappa shape index (κ1) is 11.0. The smallest absolute Gasteiger partial charge is 0.291 e. The van der Waals surface area contributed by atoms with E-state index in [1.165, 1.54) is 23.7 Å². The van der Waals surface area contributed by atoms with Gasteiger partial charge in [0.1, 0.15) is 5.69 Å². The second kappa shape index (κ2) is 3.99. The molecule has 5 nitrogen and oxygen atoms in total. The zero-order valence-corrected chi connectivity index (χ0v) is 10.2. The molecular formula is C11H15ClN4O. The molecule has 2 aliphatic carbocycles. The van der Waals surface area contributed by atoms with Gasteiger partial charge in [-0.05, 0) is 25.2 Å². The Morgan fingerprint density at radius 3 is 2.88 bits per heavy atom. The third-order valence-corrected chi connectivity index (χ3v) is 3.58. The van der Waals surface area contributed by atoms with Crippen molar-refractivity contribution in [1.29, 1.82) is 0 Å². The summed E-state index contributed by atoms with van der Waals surface area (Å²) >= 11 is 5.99. The van der Waals surface area contributed by atoms with Crippen molar-refractivity contribution in [3.63, 3.8) is 0 Å². The van der Waals surface area contributed by atoms with E-state index in [4.69, 9.17) is 17.3 Å². The van der Waals surface area contributed by atoms with E-state index in [0.717, 1.165) is 6.42 Å². The highest BCUT2D eigenvalue weighted by atomic mass is 35.5. The van der Waals surface area contributed by atoms with Gasteiger partial charge in [0.05, 0.1) is 11.2 Å². The molecule has 0 saturated heterocycles. The molecule has 2 atom stereocenters. The van der Waals surface area contributed by atoms with Crippen LogP contribution in [0.3, 0.4) is 0 Å². The number of anilines is 1. The van der Waals surface area contributed by atoms with Crippen LogP contribution >= 0.6 is 11.6 Å². The molecule has 1 heterocycles. The average molecular weight is 255 g/mol. The van der Waals surface area contributed by atoms with Gasteiger partial charge in [-0.25, -0.2) is 4.68 Å². The SMILES string of the molecule is NC1CC1Nc1c(Cl)cnn(CC2CC2)c1=O. The Kier molecular flexibility index (Phi) is 2.60. The Morgan fingerprint density at radius 2 is 2.29 bits per heavy atom. The van der Waals surface area contributed by atoms with Crippen molar-refractivity contribution < 1.29 is 0 Å². The fourth-order valence-electron chi connectivity index (χ4n) is 1.84. The molecule has 0 aromatic carbocycles. The van der Waals surface area contributed by atoms with Crippen LogP contribution in [-0.4, -0.2) is 21.9 Å². The molecule has 1 aromatic rings. The number of nitrogens with one attached hydrogen (secondary N) is 1. The summed E-state index contributed by atoms with van der Waals surface area (Å²) in [5.41, 5.74) is 6.02. The van der Waals surface area contributed by atoms with Crippen LogP contribution in [0.4, 0.5) is 5.69 Å². The molecule has 17 heavy (non-hydrogen) atoms. The van der Waals surface area contributed by atoms with Crippen molar-refractivity contribution in [2.75, 3.05) is 5.32 Å². The number of nitrogens with zero attached hydrogens (tertiary/aromatic N) is 2. The standard InChI is InChI=1S/C11H15ClN4O/c12-7-4-14-16(5-6-1-2-6)11(17)10(7)15-9-3-8(9)13/h4,6,8-9,15H,1-3,5,13H2. The molecule has 92 valence electrons. The Labute approximate surface area is 104 Å². The Hall–Kier alpha value is -1.07. The first-order chi connectivity index (χ1) is 8.15. The van der Waals surface area contributed by atoms with Gasteiger partial charge in [-0.1, -0.05) is 11.6 Å². The van der Waals surface area contributed by atoms with Gasteiger partial charge in [-0.2, -0.15) is 5.10 Å². The van der Waals surface area contributed by atoms with Gasteiger partial charge >= 0.3 is 0 Å². The number of nitrogens with two attached hydrogens (primary N) is 1. The minimum atomic E-state index is -0.136. The van der Waals surface area contributed by atoms with Crippen LogP contribution < -0.4 is 16.6 Å². The van der Waals surface area contributed by atoms with Crippen molar-refractivity contribution in [2.45, 2.75) is 37.9 Å². The van der Waals surface area contributed by atoms with Crippen LogP contribution in [0.2, 0.25) is 5.02 Å². The zero-order valence-electron chi connectivity index (χ0n) is 9.40. The minimum Gasteiger partial charge on any atom is -0.375 e. The van der Waals surface area contributed by atoms with E-state index in [9.17, 15) is 4.79 Å². The van der Waals surface area contributed by atoms with E-state index in [-0.39, 0.29) is 17.6 Å². The lowest BCUT2D eigenvalue weighted by atomic mass is 10.4. The molecule has 0 aliphatic heterocycles. The fraction of sp³-hybridized carbons (Fsp3) is 0.636. The Morgan fingerprint density at radius 1 is 1.59 bits per heavy atom. The number of hydrogen-bond acceptors (Lipinski definition) is 4. The van der Waals surface area contributed by atoms with E-state index >= 15 is 0 Å². The molecule has 0 radical (unpaired) electrons. The predicted molar refractivity (Wildman–Crippen MR) is 66.2 cm³/mol. The van der Waals surface area contributed by atoms with Crippen molar-refractivity contribution in [2.24, 2.45) is 11.7 Å². The Bertz CT molecular complexity index is 497. The zero-order chi connectivity index (χ0) is 12.0. The topological polar surface area (TPSA) is 72.9 Å². The number of hydrogen-bond donors (Lipinski definition) is 2. The third kappa shape index (κ3) is 2.30. The number of halogens is 1. The van der Waals surface area contributed by atoms with Gasteiger partial charge in [0.15, 0.2) is 0 Å². The van der Waals surface area contributed by atoms with Crippen LogP contribution in [0.5, 0.6) is 0 Å². The fourth-order valence-corrected chi connectivity index (χ4v) is 2.02. The van der Waals surface area contributed by atoms with Crippen LogP contribution in [0.15, 0.2) is 11.0 Å². The lowest BCUT2D eigenvalue weighted by Crippen LogP contribution is -2.28. The molecule has 2 fully saturated rings. The molecule has 0 bridgehead atoms. The summed E-state index contributed by atoms with van der Waals surface area (Å²) in [5, 5.41) is 7.55. The van der Waals surface area contributed by atoms with E-state index in [1.54, 1.807) is 0 Å². The molecule has 2 saturated carbocycles. The molecular weight excluding hydrogens is 240 g/mol. The van der Waals surface area contributed by atoms with Gasteiger partial charge in [0, 0.05) is 18.6 Å². The van der Waals surface area contributed by atoms with E-state index < -0.39 is 0 Å². The van der Waals surface area contributed by atoms with Crippen LogP contribution in [-0.2, 0) is 6.54 Å². The Balaban J connectivity index is 1.86. The van der Waals surface area contributed by atoms with Crippen molar-refractivity contribution in [3.05, 3.63) is 21.6 Å². The summed E-state index contributed by atoms with van der Waals surface area (Å²) in [6.07, 6.45) is 4.79. The monoisotopic (exact) mass is 254 g/mol. The first-order valence-corrected chi connectivity index (χ1v) is 6.30. The van der Waals surface area contributed by atoms with Crippen LogP contribution in [0.1, 0.15) is 19.3 Å². The molecule has 2 unspecified atom stereocenters. The van der Waals surface area contributed by atoms with Gasteiger partial charge in [0.2, 0.25) is 0 Å². The molecule has 0 amide bonds. The van der Waals surface area contributed by atoms with Gasteiger partial charge in [-0.15, -0.1) is 0 Å². The quantitative estimate of drug-likeness (QED) is 0.834. The first-order valence-electron chi connectivity index (χ1n) is 5.93. The summed E-state index contributed by atoms with van der Waals surface area (Å²) in [4.78, 5) is 12.1. The molecule has 3 rings (SSSR count). The normalized spacial score (nSPS) is 26.9. The molecule has 6 heteroatoms. The maximum atomic E-state index is 12.1. The van der Waals surface area contributed by atoms with Crippen molar-refractivity contribution in [1.82, 2.24) is 9.78 Å². The molecule has 2 aliphatic rings. The van der Waals surface area contributed by atoms with Crippen molar-refractivity contribution >= 4 is 17.3 Å². The maximum absolute atomic E-state index is 12.1. The summed E-state index contributed by atoms with van der Waals surface area (Å²) < 4.78 is 1.50. The highest BCUT2D eigenvalue weighted by Crippen LogP contribution is 2.30. The highest BCUT2D eigenvalue weighted by Gasteiger charge is 2.34. The summed E-state index contributed by atoms with van der Waals surface area (Å²) in [7, 11) is 0. The van der Waals surface area contributed by atoms with E-state index in [0.29, 0.717) is 23.2 Å². The molecule has 0 spiro atoms. The minimum absolute atomic E-state index is 0.135. The lowest BCUT2D eigenvalue weighted by Gasteiger charge is -2.09. The lowest BCUT2D eigenvalue weighted by molar-refractivity contribution is 0.534. The molecule has 1 aromatic heterocycles. The summed E-state index contributed by atoms with van der Waals surface area (Å²) in [6.45, 7) is 0.696. The largest absolute Gasteiger partial charge is 0.375 e. The third-order valence-electron chi connectivity index (χ3n) is 3.30. The van der Waals surface area contributed by atoms with Gasteiger partial charge < -0.3 is 11.1 Å². The summed E-state index contributed by atoms with van der Waals surface area (Å²) in [5.74, 6) is 0.609. The van der Waals surface area contributed by atoms with Gasteiger partial charge in [-0.3, -0.25) is 4.79 Å². The highest BCUT2D eigenvalue weighted by molar-refractivity contribution is 6.33.